The standard InChI is InChI=1S/C17H21N5O4S2.2ClH/c1-9(22(2)16(18)27)19-15(24)11-8-28-17(20-11)21-14(23)10-5-6-12(25-3)13(7-10)26-4;;/h5-9H,1-4H3,(H2,18,27)(H,19,24)(H,20,21,23);2*1H. The lowest BCUT2D eigenvalue weighted by Gasteiger charge is -2.25. The van der Waals surface area contributed by atoms with E-state index >= 15 is 0 Å². The van der Waals surface area contributed by atoms with Gasteiger partial charge in [0.25, 0.3) is 11.8 Å². The second kappa shape index (κ2) is 12.4. The number of halogens is 2. The lowest BCUT2D eigenvalue weighted by atomic mass is 10.2. The number of rotatable bonds is 7. The Hall–Kier alpha value is -2.34. The molecule has 0 saturated carbocycles. The highest BCUT2D eigenvalue weighted by Crippen LogP contribution is 2.28. The van der Waals surface area contributed by atoms with Crippen molar-refractivity contribution in [3.63, 3.8) is 0 Å². The first-order valence-electron chi connectivity index (χ1n) is 8.08. The fraction of sp³-hybridized carbons (Fsp3) is 0.294. The number of hydrogen-bond acceptors (Lipinski definition) is 7. The summed E-state index contributed by atoms with van der Waals surface area (Å²) in [6.45, 7) is 1.74. The second-order valence-corrected chi connectivity index (χ2v) is 6.94. The molecule has 1 atom stereocenters. The van der Waals surface area contributed by atoms with E-state index < -0.39 is 12.1 Å². The smallest absolute Gasteiger partial charge is 0.272 e. The monoisotopic (exact) mass is 495 g/mol. The number of anilines is 1. The van der Waals surface area contributed by atoms with Gasteiger partial charge in [0, 0.05) is 18.0 Å². The van der Waals surface area contributed by atoms with E-state index in [-0.39, 0.29) is 41.5 Å². The molecule has 166 valence electrons. The molecule has 4 N–H and O–H groups in total. The Kier molecular flexibility index (Phi) is 11.4. The number of carbonyl (C=O) groups is 2. The van der Waals surface area contributed by atoms with Crippen LogP contribution in [-0.4, -0.2) is 54.2 Å². The molecule has 0 aliphatic carbocycles. The Balaban J connectivity index is 0.00000420. The van der Waals surface area contributed by atoms with Gasteiger partial charge in [-0.05, 0) is 37.3 Å². The van der Waals surface area contributed by atoms with Crippen molar-refractivity contribution in [3.8, 4) is 11.5 Å². The number of thiazole rings is 1. The Morgan fingerprint density at radius 2 is 1.83 bits per heavy atom. The molecular formula is C17H23Cl2N5O4S2. The molecule has 1 aromatic carbocycles. The summed E-state index contributed by atoms with van der Waals surface area (Å²) in [6, 6.07) is 4.79. The fourth-order valence-electron chi connectivity index (χ4n) is 2.13. The zero-order valence-electron chi connectivity index (χ0n) is 16.6. The van der Waals surface area contributed by atoms with Crippen molar-refractivity contribution in [2.24, 2.45) is 5.73 Å². The number of aromatic nitrogens is 1. The number of nitrogens with two attached hydrogens (primary N) is 1. The molecule has 13 heteroatoms. The summed E-state index contributed by atoms with van der Waals surface area (Å²) in [6.07, 6.45) is -0.406. The molecule has 0 aliphatic rings. The zero-order valence-corrected chi connectivity index (χ0v) is 19.9. The molecule has 1 aromatic heterocycles. The number of carbonyl (C=O) groups excluding carboxylic acids is 2. The number of nitrogens with zero attached hydrogens (tertiary/aromatic N) is 2. The molecule has 1 unspecified atom stereocenters. The molecule has 30 heavy (non-hydrogen) atoms. The van der Waals surface area contributed by atoms with Gasteiger partial charge in [0.1, 0.15) is 11.9 Å². The van der Waals surface area contributed by atoms with E-state index in [1.165, 1.54) is 14.2 Å². The van der Waals surface area contributed by atoms with Crippen LogP contribution in [0.1, 0.15) is 27.8 Å². The number of methoxy groups -OCH3 is 2. The first-order valence-corrected chi connectivity index (χ1v) is 9.37. The van der Waals surface area contributed by atoms with Crippen molar-refractivity contribution in [2.75, 3.05) is 26.6 Å². The Labute approximate surface area is 196 Å². The van der Waals surface area contributed by atoms with Crippen LogP contribution in [-0.2, 0) is 0 Å². The maximum absolute atomic E-state index is 12.4. The largest absolute Gasteiger partial charge is 0.493 e. The van der Waals surface area contributed by atoms with Gasteiger partial charge in [-0.3, -0.25) is 14.9 Å². The van der Waals surface area contributed by atoms with E-state index in [4.69, 9.17) is 27.4 Å². The molecule has 0 bridgehead atoms. The molecule has 9 nitrogen and oxygen atoms in total. The summed E-state index contributed by atoms with van der Waals surface area (Å²) in [7, 11) is 4.67. The normalized spacial score (nSPS) is 10.5. The highest BCUT2D eigenvalue weighted by molar-refractivity contribution is 7.80. The molecule has 2 aromatic rings. The number of hydrogen-bond donors (Lipinski definition) is 3. The van der Waals surface area contributed by atoms with E-state index in [0.717, 1.165) is 11.3 Å². The van der Waals surface area contributed by atoms with Gasteiger partial charge in [0.2, 0.25) is 0 Å². The van der Waals surface area contributed by atoms with E-state index in [0.29, 0.717) is 22.2 Å². The average Bonchev–Trinajstić information content (AvgIpc) is 3.15. The van der Waals surface area contributed by atoms with Crippen molar-refractivity contribution in [2.45, 2.75) is 13.1 Å². The Morgan fingerprint density at radius 1 is 1.20 bits per heavy atom. The van der Waals surface area contributed by atoms with Crippen LogP contribution in [0.3, 0.4) is 0 Å². The molecule has 0 radical (unpaired) electrons. The van der Waals surface area contributed by atoms with Crippen molar-refractivity contribution in [3.05, 3.63) is 34.8 Å². The first-order chi connectivity index (χ1) is 13.3. The van der Waals surface area contributed by atoms with Crippen LogP contribution in [0.5, 0.6) is 11.5 Å². The molecule has 2 amide bonds. The minimum Gasteiger partial charge on any atom is -0.493 e. The van der Waals surface area contributed by atoms with Gasteiger partial charge in [-0.2, -0.15) is 0 Å². The summed E-state index contributed by atoms with van der Waals surface area (Å²) in [5, 5.41) is 7.38. The molecule has 0 fully saturated rings. The molecular weight excluding hydrogens is 473 g/mol. The molecule has 0 spiro atoms. The van der Waals surface area contributed by atoms with Gasteiger partial charge >= 0.3 is 0 Å². The van der Waals surface area contributed by atoms with Crippen LogP contribution in [0.15, 0.2) is 23.6 Å². The summed E-state index contributed by atoms with van der Waals surface area (Å²) in [4.78, 5) is 30.4. The number of nitrogens with one attached hydrogen (secondary N) is 2. The first kappa shape index (κ1) is 27.7. The van der Waals surface area contributed by atoms with Gasteiger partial charge in [-0.25, -0.2) is 4.98 Å². The van der Waals surface area contributed by atoms with Crippen LogP contribution < -0.4 is 25.8 Å². The zero-order chi connectivity index (χ0) is 20.8. The van der Waals surface area contributed by atoms with Crippen LogP contribution in [0.4, 0.5) is 5.13 Å². The van der Waals surface area contributed by atoms with Gasteiger partial charge in [0.05, 0.1) is 14.2 Å². The summed E-state index contributed by atoms with van der Waals surface area (Å²) >= 11 is 6.01. The lowest BCUT2D eigenvalue weighted by molar-refractivity contribution is 0.0909. The fourth-order valence-corrected chi connectivity index (χ4v) is 2.98. The van der Waals surface area contributed by atoms with E-state index in [2.05, 4.69) is 15.6 Å². The number of thiocarbonyl (C=S) groups is 1. The molecule has 0 saturated heterocycles. The molecule has 2 rings (SSSR count). The summed E-state index contributed by atoms with van der Waals surface area (Å²) in [5.74, 6) is 0.163. The number of benzene rings is 1. The van der Waals surface area contributed by atoms with Crippen LogP contribution in [0.25, 0.3) is 0 Å². The second-order valence-electron chi connectivity index (χ2n) is 5.66. The minimum absolute atomic E-state index is 0. The van der Waals surface area contributed by atoms with Crippen LogP contribution >= 0.6 is 48.4 Å². The van der Waals surface area contributed by atoms with Gasteiger partial charge in [0.15, 0.2) is 21.7 Å². The van der Waals surface area contributed by atoms with Crippen LogP contribution in [0, 0.1) is 0 Å². The summed E-state index contributed by atoms with van der Waals surface area (Å²) < 4.78 is 10.3. The Bertz CT molecular complexity index is 897. The third-order valence-corrected chi connectivity index (χ3v) is 4.92. The number of amides is 2. The van der Waals surface area contributed by atoms with Gasteiger partial charge in [-0.1, -0.05) is 0 Å². The maximum Gasteiger partial charge on any atom is 0.272 e. The van der Waals surface area contributed by atoms with Crippen LogP contribution in [0.2, 0.25) is 0 Å². The van der Waals surface area contributed by atoms with Crippen molar-refractivity contribution >= 4 is 70.4 Å². The predicted molar refractivity (Wildman–Crippen MR) is 126 cm³/mol. The van der Waals surface area contributed by atoms with Crippen molar-refractivity contribution in [1.29, 1.82) is 0 Å². The van der Waals surface area contributed by atoms with E-state index in [1.54, 1.807) is 42.5 Å². The topological polar surface area (TPSA) is 119 Å². The average molecular weight is 496 g/mol. The number of ether oxygens (including phenoxy) is 2. The minimum atomic E-state index is -0.406. The Morgan fingerprint density at radius 3 is 2.40 bits per heavy atom. The third kappa shape index (κ3) is 6.87. The SMILES string of the molecule is COc1ccc(C(=O)Nc2nc(C(=O)NC(C)N(C)C(N)=S)cs2)cc1OC.Cl.Cl. The van der Waals surface area contributed by atoms with Gasteiger partial charge < -0.3 is 25.4 Å². The highest BCUT2D eigenvalue weighted by Gasteiger charge is 2.18. The lowest BCUT2D eigenvalue weighted by Crippen LogP contribution is -2.48. The van der Waals surface area contributed by atoms with Crippen molar-refractivity contribution in [1.82, 2.24) is 15.2 Å². The van der Waals surface area contributed by atoms with Gasteiger partial charge in [-0.15, -0.1) is 36.2 Å². The quantitative estimate of drug-likeness (QED) is 0.395. The summed E-state index contributed by atoms with van der Waals surface area (Å²) in [5.41, 5.74) is 6.08. The molecule has 1 heterocycles. The van der Waals surface area contributed by atoms with E-state index in [1.807, 2.05) is 0 Å². The highest BCUT2D eigenvalue weighted by atomic mass is 35.5. The predicted octanol–water partition coefficient (Wildman–Crippen LogP) is 2.51. The maximum atomic E-state index is 12.4. The van der Waals surface area contributed by atoms with E-state index in [9.17, 15) is 9.59 Å². The molecule has 0 aliphatic heterocycles. The third-order valence-electron chi connectivity index (χ3n) is 3.87. The van der Waals surface area contributed by atoms with Crippen molar-refractivity contribution < 1.29 is 19.1 Å².